The highest BCUT2D eigenvalue weighted by molar-refractivity contribution is 7.89. The Labute approximate surface area is 111 Å². The molecule has 0 spiro atoms. The predicted octanol–water partition coefficient (Wildman–Crippen LogP) is 1.06. The SMILES string of the molecule is C[C@@H]1CCC[C@H](C)N1S(=O)(=O)c1[nH]ncc1C(=O)O. The minimum Gasteiger partial charge on any atom is -0.478 e. The topological polar surface area (TPSA) is 103 Å². The second-order valence-electron chi connectivity index (χ2n) is 4.88. The lowest BCUT2D eigenvalue weighted by Gasteiger charge is -2.37. The summed E-state index contributed by atoms with van der Waals surface area (Å²) in [5.41, 5.74) is -0.315. The fourth-order valence-corrected chi connectivity index (χ4v) is 4.56. The number of hydrogen-bond donors (Lipinski definition) is 2. The Hall–Kier alpha value is -1.41. The summed E-state index contributed by atoms with van der Waals surface area (Å²) >= 11 is 0. The maximum Gasteiger partial charge on any atom is 0.340 e. The maximum absolute atomic E-state index is 12.6. The van der Waals surface area contributed by atoms with Gasteiger partial charge in [0.1, 0.15) is 5.56 Å². The molecule has 0 aromatic carbocycles. The molecule has 2 rings (SSSR count). The van der Waals surface area contributed by atoms with Crippen LogP contribution in [0.25, 0.3) is 0 Å². The summed E-state index contributed by atoms with van der Waals surface area (Å²) in [6.45, 7) is 3.67. The van der Waals surface area contributed by atoms with E-state index in [0.29, 0.717) is 0 Å². The Kier molecular flexibility index (Phi) is 3.64. The van der Waals surface area contributed by atoms with Gasteiger partial charge < -0.3 is 5.11 Å². The van der Waals surface area contributed by atoms with Crippen LogP contribution in [0.15, 0.2) is 11.2 Å². The van der Waals surface area contributed by atoms with Crippen molar-refractivity contribution in [2.45, 2.75) is 50.2 Å². The average Bonchev–Trinajstić information content (AvgIpc) is 2.77. The summed E-state index contributed by atoms with van der Waals surface area (Å²) in [6.07, 6.45) is 3.55. The van der Waals surface area contributed by atoms with E-state index in [2.05, 4.69) is 10.2 Å². The molecule has 2 atom stereocenters. The minimum atomic E-state index is -3.86. The number of H-pyrrole nitrogens is 1. The molecular formula is C11H17N3O4S. The highest BCUT2D eigenvalue weighted by Gasteiger charge is 2.38. The molecule has 2 heterocycles. The van der Waals surface area contributed by atoms with Crippen LogP contribution in [0.1, 0.15) is 43.5 Å². The summed E-state index contributed by atoms with van der Waals surface area (Å²) in [7, 11) is -3.86. The third-order valence-electron chi connectivity index (χ3n) is 3.48. The van der Waals surface area contributed by atoms with Gasteiger partial charge >= 0.3 is 5.97 Å². The van der Waals surface area contributed by atoms with E-state index in [-0.39, 0.29) is 22.7 Å². The van der Waals surface area contributed by atoms with Crippen LogP contribution in [0.3, 0.4) is 0 Å². The van der Waals surface area contributed by atoms with Crippen molar-refractivity contribution in [3.05, 3.63) is 11.8 Å². The average molecular weight is 287 g/mol. The number of sulfonamides is 1. The zero-order chi connectivity index (χ0) is 14.2. The fourth-order valence-electron chi connectivity index (χ4n) is 2.60. The molecule has 1 aromatic rings. The van der Waals surface area contributed by atoms with E-state index in [1.54, 1.807) is 0 Å². The first-order chi connectivity index (χ1) is 8.85. The van der Waals surface area contributed by atoms with Crippen LogP contribution in [-0.2, 0) is 10.0 Å². The number of rotatable bonds is 3. The molecule has 1 aliphatic heterocycles. The number of aromatic amines is 1. The maximum atomic E-state index is 12.6. The Bertz CT molecular complexity index is 571. The molecule has 0 amide bonds. The summed E-state index contributed by atoms with van der Waals surface area (Å²) < 4.78 is 26.6. The Morgan fingerprint density at radius 2 is 2.00 bits per heavy atom. The van der Waals surface area contributed by atoms with Crippen molar-refractivity contribution in [3.63, 3.8) is 0 Å². The Morgan fingerprint density at radius 3 is 2.53 bits per heavy atom. The zero-order valence-corrected chi connectivity index (χ0v) is 11.6. The molecule has 0 aliphatic carbocycles. The van der Waals surface area contributed by atoms with Gasteiger partial charge in [-0.1, -0.05) is 6.42 Å². The number of nitrogens with zero attached hydrogens (tertiary/aromatic N) is 2. The third kappa shape index (κ3) is 2.37. The van der Waals surface area contributed by atoms with Crippen molar-refractivity contribution in [1.82, 2.24) is 14.5 Å². The fraction of sp³-hybridized carbons (Fsp3) is 0.636. The first-order valence-electron chi connectivity index (χ1n) is 6.16. The molecule has 1 aromatic heterocycles. The number of carboxylic acid groups (broad SMARTS) is 1. The third-order valence-corrected chi connectivity index (χ3v) is 5.58. The van der Waals surface area contributed by atoms with Gasteiger partial charge in [0.15, 0.2) is 5.03 Å². The molecule has 0 saturated carbocycles. The largest absolute Gasteiger partial charge is 0.478 e. The lowest BCUT2D eigenvalue weighted by molar-refractivity contribution is 0.0692. The lowest BCUT2D eigenvalue weighted by atomic mass is 10.0. The van der Waals surface area contributed by atoms with Crippen molar-refractivity contribution >= 4 is 16.0 Å². The van der Waals surface area contributed by atoms with Gasteiger partial charge in [-0.05, 0) is 26.7 Å². The normalized spacial score (nSPS) is 25.4. The van der Waals surface area contributed by atoms with Crippen molar-refractivity contribution < 1.29 is 18.3 Å². The zero-order valence-electron chi connectivity index (χ0n) is 10.8. The van der Waals surface area contributed by atoms with E-state index >= 15 is 0 Å². The number of aromatic carboxylic acids is 1. The van der Waals surface area contributed by atoms with E-state index in [1.165, 1.54) is 4.31 Å². The first kappa shape index (κ1) is 14.0. The molecular weight excluding hydrogens is 270 g/mol. The van der Waals surface area contributed by atoms with E-state index in [9.17, 15) is 13.2 Å². The summed E-state index contributed by atoms with van der Waals surface area (Å²) in [5.74, 6) is -1.30. The highest BCUT2D eigenvalue weighted by Crippen LogP contribution is 2.29. The molecule has 0 radical (unpaired) electrons. The van der Waals surface area contributed by atoms with E-state index < -0.39 is 16.0 Å². The van der Waals surface area contributed by atoms with Crippen LogP contribution >= 0.6 is 0 Å². The Morgan fingerprint density at radius 1 is 1.42 bits per heavy atom. The van der Waals surface area contributed by atoms with Crippen LogP contribution in [0, 0.1) is 0 Å². The minimum absolute atomic E-state index is 0.140. The molecule has 0 unspecified atom stereocenters. The van der Waals surface area contributed by atoms with Crippen LogP contribution in [0.5, 0.6) is 0 Å². The molecule has 1 saturated heterocycles. The number of carboxylic acids is 1. The monoisotopic (exact) mass is 287 g/mol. The second-order valence-corrected chi connectivity index (χ2v) is 6.66. The smallest absolute Gasteiger partial charge is 0.340 e. The number of nitrogens with one attached hydrogen (secondary N) is 1. The van der Waals surface area contributed by atoms with Gasteiger partial charge in [-0.3, -0.25) is 5.10 Å². The molecule has 0 bridgehead atoms. The molecule has 7 nitrogen and oxygen atoms in total. The van der Waals surface area contributed by atoms with Gasteiger partial charge in [0, 0.05) is 12.1 Å². The lowest BCUT2D eigenvalue weighted by Crippen LogP contribution is -2.47. The highest BCUT2D eigenvalue weighted by atomic mass is 32.2. The predicted molar refractivity (Wildman–Crippen MR) is 67.3 cm³/mol. The molecule has 8 heteroatoms. The summed E-state index contributed by atoms with van der Waals surface area (Å²) in [6, 6.07) is -0.280. The molecule has 1 aliphatic rings. The van der Waals surface area contributed by atoms with E-state index in [4.69, 9.17) is 5.11 Å². The van der Waals surface area contributed by atoms with E-state index in [1.807, 2.05) is 13.8 Å². The van der Waals surface area contributed by atoms with Crippen LogP contribution in [0.2, 0.25) is 0 Å². The number of carbonyl (C=O) groups is 1. The van der Waals surface area contributed by atoms with Crippen LogP contribution in [-0.4, -0.2) is 46.1 Å². The van der Waals surface area contributed by atoms with Crippen LogP contribution in [0.4, 0.5) is 0 Å². The first-order valence-corrected chi connectivity index (χ1v) is 7.60. The van der Waals surface area contributed by atoms with Gasteiger partial charge in [0.25, 0.3) is 10.0 Å². The molecule has 2 N–H and O–H groups in total. The van der Waals surface area contributed by atoms with Crippen molar-refractivity contribution in [2.24, 2.45) is 0 Å². The van der Waals surface area contributed by atoms with Gasteiger partial charge in [0.2, 0.25) is 0 Å². The molecule has 19 heavy (non-hydrogen) atoms. The Balaban J connectivity index is 2.47. The van der Waals surface area contributed by atoms with Crippen molar-refractivity contribution in [1.29, 1.82) is 0 Å². The van der Waals surface area contributed by atoms with Gasteiger partial charge in [-0.15, -0.1) is 0 Å². The molecule has 1 fully saturated rings. The van der Waals surface area contributed by atoms with Crippen LogP contribution < -0.4 is 0 Å². The van der Waals surface area contributed by atoms with Crippen molar-refractivity contribution in [3.8, 4) is 0 Å². The van der Waals surface area contributed by atoms with Gasteiger partial charge in [-0.2, -0.15) is 9.40 Å². The van der Waals surface area contributed by atoms with E-state index in [0.717, 1.165) is 25.5 Å². The number of aromatic nitrogens is 2. The summed E-state index contributed by atoms with van der Waals surface area (Å²) in [5, 5.41) is 14.5. The number of piperidine rings is 1. The summed E-state index contributed by atoms with van der Waals surface area (Å²) in [4.78, 5) is 11.0. The molecule has 106 valence electrons. The second kappa shape index (κ2) is 4.93. The van der Waals surface area contributed by atoms with Gasteiger partial charge in [0.05, 0.1) is 6.20 Å². The van der Waals surface area contributed by atoms with Gasteiger partial charge in [-0.25, -0.2) is 13.2 Å². The standard InChI is InChI=1S/C11H17N3O4S/c1-7-4-3-5-8(2)14(7)19(17,18)10-9(11(15)16)6-12-13-10/h6-8H,3-5H2,1-2H3,(H,12,13)(H,15,16)/t7-,8+. The quantitative estimate of drug-likeness (QED) is 0.865. The van der Waals surface area contributed by atoms with Crippen molar-refractivity contribution in [2.75, 3.05) is 0 Å². The number of hydrogen-bond acceptors (Lipinski definition) is 4.